The molecule has 3 N–H and O–H groups in total. The third-order valence-corrected chi connectivity index (χ3v) is 3.25. The van der Waals surface area contributed by atoms with E-state index < -0.39 is 30.9 Å². The van der Waals surface area contributed by atoms with Crippen LogP contribution in [-0.2, 0) is 9.59 Å². The average molecular weight is 329 g/mol. The Morgan fingerprint density at radius 1 is 1.32 bits per heavy atom. The molecule has 0 unspecified atom stereocenters. The number of aliphatic carboxylic acids is 1. The van der Waals surface area contributed by atoms with E-state index in [9.17, 15) is 14.4 Å². The fourth-order valence-electron chi connectivity index (χ4n) is 1.51. The summed E-state index contributed by atoms with van der Waals surface area (Å²) < 4.78 is 0.837. The lowest BCUT2D eigenvalue weighted by Gasteiger charge is -2.19. The minimum atomic E-state index is -1.21. The summed E-state index contributed by atoms with van der Waals surface area (Å²) in [4.78, 5) is 34.6. The molecule has 0 saturated carbocycles. The van der Waals surface area contributed by atoms with Crippen LogP contribution in [0.1, 0.15) is 15.9 Å². The normalized spacial score (nSPS) is 10.0. The van der Waals surface area contributed by atoms with Crippen LogP contribution in [0.15, 0.2) is 22.7 Å². The first-order valence-corrected chi connectivity index (χ1v) is 6.16. The fourth-order valence-corrected chi connectivity index (χ4v) is 1.76. The fraction of sp³-hybridized carbons (Fsp3) is 0.250. The number of primary amides is 1. The summed E-state index contributed by atoms with van der Waals surface area (Å²) in [6.45, 7) is 0.799. The van der Waals surface area contributed by atoms with Gasteiger partial charge in [0.2, 0.25) is 5.91 Å². The molecule has 1 rings (SSSR count). The first-order chi connectivity index (χ1) is 8.81. The number of carbonyl (C=O) groups is 3. The molecule has 2 amide bonds. The number of aryl methyl sites for hydroxylation is 1. The van der Waals surface area contributed by atoms with Gasteiger partial charge in [-0.05, 0) is 30.7 Å². The number of rotatable bonds is 5. The molecule has 0 aliphatic heterocycles. The van der Waals surface area contributed by atoms with E-state index in [0.717, 1.165) is 14.9 Å². The van der Waals surface area contributed by atoms with Gasteiger partial charge in [0.25, 0.3) is 5.91 Å². The number of benzene rings is 1. The number of carbonyl (C=O) groups excluding carboxylic acids is 2. The van der Waals surface area contributed by atoms with Gasteiger partial charge in [0.1, 0.15) is 13.1 Å². The first-order valence-electron chi connectivity index (χ1n) is 5.36. The summed E-state index contributed by atoms with van der Waals surface area (Å²) >= 11 is 3.30. The molecule has 0 fully saturated rings. The molecule has 0 aliphatic carbocycles. The van der Waals surface area contributed by atoms with Crippen molar-refractivity contribution in [1.29, 1.82) is 0 Å². The predicted octanol–water partition coefficient (Wildman–Crippen LogP) is 0.770. The molecule has 0 bridgehead atoms. The summed E-state index contributed by atoms with van der Waals surface area (Å²) in [7, 11) is 0. The minimum absolute atomic E-state index is 0.309. The monoisotopic (exact) mass is 328 g/mol. The highest BCUT2D eigenvalue weighted by atomic mass is 79.9. The van der Waals surface area contributed by atoms with E-state index >= 15 is 0 Å². The van der Waals surface area contributed by atoms with Crippen molar-refractivity contribution in [3.63, 3.8) is 0 Å². The number of nitrogens with two attached hydrogens (primary N) is 1. The molecule has 1 aromatic carbocycles. The molecule has 0 heterocycles. The van der Waals surface area contributed by atoms with Gasteiger partial charge >= 0.3 is 5.97 Å². The van der Waals surface area contributed by atoms with Gasteiger partial charge in [-0.15, -0.1) is 0 Å². The van der Waals surface area contributed by atoms with E-state index in [-0.39, 0.29) is 0 Å². The van der Waals surface area contributed by atoms with Crippen molar-refractivity contribution in [3.8, 4) is 0 Å². The van der Waals surface area contributed by atoms with E-state index in [1.54, 1.807) is 25.1 Å². The number of nitrogens with zero attached hydrogens (tertiary/aromatic N) is 1. The lowest BCUT2D eigenvalue weighted by Crippen LogP contribution is -2.41. The van der Waals surface area contributed by atoms with Crippen molar-refractivity contribution in [3.05, 3.63) is 33.8 Å². The zero-order valence-corrected chi connectivity index (χ0v) is 11.8. The molecular formula is C12H13BrN2O4. The molecule has 0 aliphatic rings. The summed E-state index contributed by atoms with van der Waals surface area (Å²) in [6.07, 6.45) is 0. The predicted molar refractivity (Wildman–Crippen MR) is 71.6 cm³/mol. The van der Waals surface area contributed by atoms with Crippen molar-refractivity contribution >= 4 is 33.7 Å². The highest BCUT2D eigenvalue weighted by molar-refractivity contribution is 9.10. The Labute approximate surface area is 118 Å². The topological polar surface area (TPSA) is 101 Å². The second kappa shape index (κ2) is 6.33. The maximum absolute atomic E-state index is 12.1. The van der Waals surface area contributed by atoms with Crippen molar-refractivity contribution in [2.45, 2.75) is 6.92 Å². The summed E-state index contributed by atoms with van der Waals surface area (Å²) in [5.41, 5.74) is 6.15. The van der Waals surface area contributed by atoms with Crippen LogP contribution in [0.5, 0.6) is 0 Å². The SMILES string of the molecule is Cc1cc(C(=O)N(CC(N)=O)CC(=O)O)ccc1Br. The Hall–Kier alpha value is -1.89. The molecule has 0 saturated heterocycles. The zero-order chi connectivity index (χ0) is 14.6. The van der Waals surface area contributed by atoms with E-state index in [1.165, 1.54) is 0 Å². The Morgan fingerprint density at radius 3 is 2.42 bits per heavy atom. The number of hydrogen-bond acceptors (Lipinski definition) is 3. The Balaban J connectivity index is 3.00. The van der Waals surface area contributed by atoms with Crippen LogP contribution in [0.3, 0.4) is 0 Å². The number of amides is 2. The standard InChI is InChI=1S/C12H13BrN2O4/c1-7-4-8(2-3-9(7)13)12(19)15(5-10(14)16)6-11(17)18/h2-4H,5-6H2,1H3,(H2,14,16)(H,17,18). The third kappa shape index (κ3) is 4.36. The molecule has 0 atom stereocenters. The Bertz CT molecular complexity index is 514. The first kappa shape index (κ1) is 15.2. The van der Waals surface area contributed by atoms with E-state index in [1.807, 2.05) is 0 Å². The highest BCUT2D eigenvalue weighted by Crippen LogP contribution is 2.18. The number of hydrogen-bond donors (Lipinski definition) is 2. The molecular weight excluding hydrogens is 316 g/mol. The lowest BCUT2D eigenvalue weighted by atomic mass is 10.1. The zero-order valence-electron chi connectivity index (χ0n) is 10.2. The Morgan fingerprint density at radius 2 is 1.95 bits per heavy atom. The van der Waals surface area contributed by atoms with Crippen LogP contribution in [-0.4, -0.2) is 40.9 Å². The summed E-state index contributed by atoms with van der Waals surface area (Å²) in [6, 6.07) is 4.85. The van der Waals surface area contributed by atoms with E-state index in [4.69, 9.17) is 10.8 Å². The van der Waals surface area contributed by atoms with Gasteiger partial charge in [-0.1, -0.05) is 15.9 Å². The van der Waals surface area contributed by atoms with Crippen molar-refractivity contribution in [2.75, 3.05) is 13.1 Å². The van der Waals surface area contributed by atoms with Gasteiger partial charge in [-0.3, -0.25) is 14.4 Å². The van der Waals surface area contributed by atoms with Gasteiger partial charge < -0.3 is 15.7 Å². The highest BCUT2D eigenvalue weighted by Gasteiger charge is 2.20. The van der Waals surface area contributed by atoms with Crippen LogP contribution in [0, 0.1) is 6.92 Å². The second-order valence-electron chi connectivity index (χ2n) is 3.99. The largest absolute Gasteiger partial charge is 0.480 e. The quantitative estimate of drug-likeness (QED) is 0.833. The number of halogens is 1. The maximum atomic E-state index is 12.1. The van der Waals surface area contributed by atoms with Gasteiger partial charge in [-0.25, -0.2) is 0 Å². The molecule has 0 aromatic heterocycles. The van der Waals surface area contributed by atoms with Crippen molar-refractivity contribution in [1.82, 2.24) is 4.90 Å². The molecule has 7 heteroatoms. The van der Waals surface area contributed by atoms with Crippen molar-refractivity contribution < 1.29 is 19.5 Å². The number of carboxylic acid groups (broad SMARTS) is 1. The average Bonchev–Trinajstić information content (AvgIpc) is 2.29. The molecule has 0 spiro atoms. The summed E-state index contributed by atoms with van der Waals surface area (Å²) in [5.74, 6) is -2.51. The molecule has 0 radical (unpaired) electrons. The summed E-state index contributed by atoms with van der Waals surface area (Å²) in [5, 5.41) is 8.74. The molecule has 102 valence electrons. The minimum Gasteiger partial charge on any atom is -0.480 e. The second-order valence-corrected chi connectivity index (χ2v) is 4.84. The Kier molecular flexibility index (Phi) is 5.05. The van der Waals surface area contributed by atoms with Crippen molar-refractivity contribution in [2.24, 2.45) is 5.73 Å². The lowest BCUT2D eigenvalue weighted by molar-refractivity contribution is -0.138. The van der Waals surface area contributed by atoms with Gasteiger partial charge in [0.05, 0.1) is 0 Å². The third-order valence-electron chi connectivity index (χ3n) is 2.36. The van der Waals surface area contributed by atoms with Gasteiger partial charge in [0, 0.05) is 10.0 Å². The van der Waals surface area contributed by atoms with Gasteiger partial charge in [0.15, 0.2) is 0 Å². The van der Waals surface area contributed by atoms with Crippen LogP contribution >= 0.6 is 15.9 Å². The van der Waals surface area contributed by atoms with E-state index in [0.29, 0.717) is 5.56 Å². The molecule has 19 heavy (non-hydrogen) atoms. The van der Waals surface area contributed by atoms with Crippen LogP contribution in [0.2, 0.25) is 0 Å². The maximum Gasteiger partial charge on any atom is 0.323 e. The van der Waals surface area contributed by atoms with Gasteiger partial charge in [-0.2, -0.15) is 0 Å². The molecule has 1 aromatic rings. The number of carboxylic acids is 1. The smallest absolute Gasteiger partial charge is 0.323 e. The molecule has 6 nitrogen and oxygen atoms in total. The van der Waals surface area contributed by atoms with Crippen LogP contribution < -0.4 is 5.73 Å². The van der Waals surface area contributed by atoms with E-state index in [2.05, 4.69) is 15.9 Å². The van der Waals surface area contributed by atoms with Crippen LogP contribution in [0.4, 0.5) is 0 Å². The van der Waals surface area contributed by atoms with Crippen LogP contribution in [0.25, 0.3) is 0 Å².